The third kappa shape index (κ3) is 3.30. The van der Waals surface area contributed by atoms with Gasteiger partial charge in [-0.25, -0.2) is 9.07 Å². The van der Waals surface area contributed by atoms with Crippen molar-refractivity contribution in [3.63, 3.8) is 0 Å². The average molecular weight is 353 g/mol. The Bertz CT molecular complexity index is 862. The van der Waals surface area contributed by atoms with Crippen LogP contribution in [0.1, 0.15) is 29.9 Å². The van der Waals surface area contributed by atoms with Crippen molar-refractivity contribution in [3.05, 3.63) is 71.3 Å². The molecule has 0 amide bonds. The van der Waals surface area contributed by atoms with Crippen LogP contribution in [-0.4, -0.2) is 38.3 Å². The molecule has 0 fully saturated rings. The van der Waals surface area contributed by atoms with Gasteiger partial charge in [0.2, 0.25) is 0 Å². The van der Waals surface area contributed by atoms with Gasteiger partial charge in [-0.3, -0.25) is 4.90 Å². The monoisotopic (exact) mass is 353 g/mol. The molecule has 6 nitrogen and oxygen atoms in total. The second-order valence-electron chi connectivity index (χ2n) is 6.26. The molecule has 0 aliphatic carbocycles. The third-order valence-electron chi connectivity index (χ3n) is 4.57. The molecule has 0 radical (unpaired) electrons. The Balaban J connectivity index is 1.65. The van der Waals surface area contributed by atoms with Crippen LogP contribution in [0.25, 0.3) is 0 Å². The van der Waals surface area contributed by atoms with E-state index in [0.717, 1.165) is 35.8 Å². The van der Waals surface area contributed by atoms with Gasteiger partial charge in [0.05, 0.1) is 19.2 Å². The molecule has 1 aliphatic heterocycles. The summed E-state index contributed by atoms with van der Waals surface area (Å²) >= 11 is 0. The van der Waals surface area contributed by atoms with Crippen molar-refractivity contribution in [3.8, 4) is 5.75 Å². The highest BCUT2D eigenvalue weighted by Gasteiger charge is 2.31. The van der Waals surface area contributed by atoms with E-state index in [0.29, 0.717) is 13.2 Å². The Morgan fingerprint density at radius 3 is 2.58 bits per heavy atom. The van der Waals surface area contributed by atoms with E-state index in [-0.39, 0.29) is 11.9 Å². The molecule has 134 valence electrons. The summed E-state index contributed by atoms with van der Waals surface area (Å²) < 4.78 is 20.6. The predicted molar refractivity (Wildman–Crippen MR) is 94.1 cm³/mol. The van der Waals surface area contributed by atoms with Crippen molar-refractivity contribution in [2.24, 2.45) is 0 Å². The zero-order chi connectivity index (χ0) is 17.9. The van der Waals surface area contributed by atoms with Crippen LogP contribution in [0.4, 0.5) is 4.39 Å². The molecule has 1 aliphatic rings. The molecule has 3 aromatic rings. The van der Waals surface area contributed by atoms with Gasteiger partial charge in [0.15, 0.2) is 5.82 Å². The highest BCUT2D eigenvalue weighted by atomic mass is 19.1. The van der Waals surface area contributed by atoms with Gasteiger partial charge in [-0.2, -0.15) is 0 Å². The summed E-state index contributed by atoms with van der Waals surface area (Å²) in [5, 5.41) is 12.2. The molecule has 1 unspecified atom stereocenters. The summed E-state index contributed by atoms with van der Waals surface area (Å²) in [5.74, 6) is 1.44. The van der Waals surface area contributed by atoms with E-state index in [1.54, 1.807) is 0 Å². The van der Waals surface area contributed by atoms with Crippen molar-refractivity contribution < 1.29 is 9.13 Å². The first-order valence-corrected chi connectivity index (χ1v) is 8.72. The van der Waals surface area contributed by atoms with E-state index >= 15 is 0 Å². The summed E-state index contributed by atoms with van der Waals surface area (Å²) in [4.78, 5) is 2.31. The standard InChI is InChI=1S/C19H20FN5O/c1-2-26-17-9-5-15(6-10-17)18-19-21-22-23-25(19)12-11-24(18)13-14-3-7-16(20)8-4-14/h3-10,18H,2,11-13H2,1H3. The SMILES string of the molecule is CCOc1ccc(C2c3nnnn3CCN2Cc2ccc(F)cc2)cc1. The number of halogens is 1. The van der Waals surface area contributed by atoms with E-state index in [2.05, 4.69) is 32.6 Å². The van der Waals surface area contributed by atoms with E-state index in [9.17, 15) is 4.39 Å². The number of hydrogen-bond acceptors (Lipinski definition) is 5. The third-order valence-corrected chi connectivity index (χ3v) is 4.57. The number of benzene rings is 2. The van der Waals surface area contributed by atoms with Gasteiger partial charge < -0.3 is 4.74 Å². The van der Waals surface area contributed by atoms with E-state index in [1.807, 2.05) is 35.9 Å². The van der Waals surface area contributed by atoms with Gasteiger partial charge in [0.25, 0.3) is 0 Å². The number of nitrogens with zero attached hydrogens (tertiary/aromatic N) is 5. The van der Waals surface area contributed by atoms with E-state index < -0.39 is 0 Å². The molecule has 1 aromatic heterocycles. The molecule has 0 saturated carbocycles. The maximum absolute atomic E-state index is 13.2. The molecule has 0 spiro atoms. The van der Waals surface area contributed by atoms with E-state index in [1.165, 1.54) is 12.1 Å². The van der Waals surface area contributed by atoms with E-state index in [4.69, 9.17) is 4.74 Å². The topological polar surface area (TPSA) is 56.1 Å². The Hall–Kier alpha value is -2.80. The van der Waals surface area contributed by atoms with Crippen LogP contribution in [0.2, 0.25) is 0 Å². The first-order valence-electron chi connectivity index (χ1n) is 8.72. The Labute approximate surface area is 151 Å². The van der Waals surface area contributed by atoms with Gasteiger partial charge >= 0.3 is 0 Å². The fraction of sp³-hybridized carbons (Fsp3) is 0.316. The molecule has 0 saturated heterocycles. The maximum Gasteiger partial charge on any atom is 0.173 e. The minimum Gasteiger partial charge on any atom is -0.494 e. The second-order valence-corrected chi connectivity index (χ2v) is 6.26. The summed E-state index contributed by atoms with van der Waals surface area (Å²) in [6.45, 7) is 4.85. The van der Waals surface area contributed by atoms with Gasteiger partial charge in [0, 0.05) is 13.1 Å². The fourth-order valence-electron chi connectivity index (χ4n) is 3.35. The molecule has 1 atom stereocenters. The first-order chi connectivity index (χ1) is 12.7. The van der Waals surface area contributed by atoms with Crippen molar-refractivity contribution in [2.75, 3.05) is 13.2 Å². The van der Waals surface area contributed by atoms with Crippen LogP contribution >= 0.6 is 0 Å². The Morgan fingerprint density at radius 1 is 1.08 bits per heavy atom. The van der Waals surface area contributed by atoms with Crippen LogP contribution in [0.15, 0.2) is 48.5 Å². The largest absolute Gasteiger partial charge is 0.494 e. The molecule has 7 heteroatoms. The molecule has 0 N–H and O–H groups in total. The summed E-state index contributed by atoms with van der Waals surface area (Å²) in [6.07, 6.45) is 0. The summed E-state index contributed by atoms with van der Waals surface area (Å²) in [6, 6.07) is 14.6. The Kier molecular flexibility index (Phi) is 4.62. The number of hydrogen-bond donors (Lipinski definition) is 0. The maximum atomic E-state index is 13.2. The number of rotatable bonds is 5. The van der Waals surface area contributed by atoms with Gasteiger partial charge in [-0.1, -0.05) is 24.3 Å². The lowest BCUT2D eigenvalue weighted by Gasteiger charge is -2.35. The summed E-state index contributed by atoms with van der Waals surface area (Å²) in [7, 11) is 0. The molecule has 4 rings (SSSR count). The molecule has 0 bridgehead atoms. The van der Waals surface area contributed by atoms with Gasteiger partial charge in [-0.15, -0.1) is 5.10 Å². The number of ether oxygens (including phenoxy) is 1. The lowest BCUT2D eigenvalue weighted by atomic mass is 10.0. The number of tetrazole rings is 1. The lowest BCUT2D eigenvalue weighted by Crippen LogP contribution is -2.38. The van der Waals surface area contributed by atoms with Crippen LogP contribution in [0, 0.1) is 5.82 Å². The second kappa shape index (κ2) is 7.21. The molecule has 2 heterocycles. The predicted octanol–water partition coefficient (Wildman–Crippen LogP) is 2.82. The average Bonchev–Trinajstić information content (AvgIpc) is 3.13. The molecule has 2 aromatic carbocycles. The molecular weight excluding hydrogens is 333 g/mol. The zero-order valence-corrected chi connectivity index (χ0v) is 14.5. The first kappa shape index (κ1) is 16.7. The van der Waals surface area contributed by atoms with Crippen molar-refractivity contribution in [1.82, 2.24) is 25.1 Å². The van der Waals surface area contributed by atoms with Crippen LogP contribution in [0.3, 0.4) is 0 Å². The minimum atomic E-state index is -0.223. The van der Waals surface area contributed by atoms with Crippen LogP contribution in [0.5, 0.6) is 5.75 Å². The van der Waals surface area contributed by atoms with Gasteiger partial charge in [-0.05, 0) is 52.7 Å². The van der Waals surface area contributed by atoms with Crippen LogP contribution in [-0.2, 0) is 13.1 Å². The molecular formula is C19H20FN5O. The minimum absolute atomic E-state index is 0.0560. The zero-order valence-electron chi connectivity index (χ0n) is 14.5. The highest BCUT2D eigenvalue weighted by molar-refractivity contribution is 5.32. The van der Waals surface area contributed by atoms with Crippen LogP contribution < -0.4 is 4.74 Å². The number of aromatic nitrogens is 4. The molecule has 26 heavy (non-hydrogen) atoms. The fourth-order valence-corrected chi connectivity index (χ4v) is 3.35. The van der Waals surface area contributed by atoms with Crippen molar-refractivity contribution in [1.29, 1.82) is 0 Å². The number of fused-ring (bicyclic) bond motifs is 1. The highest BCUT2D eigenvalue weighted by Crippen LogP contribution is 2.32. The summed E-state index contributed by atoms with van der Waals surface area (Å²) in [5.41, 5.74) is 2.16. The normalized spacial score (nSPS) is 17.1. The van der Waals surface area contributed by atoms with Crippen molar-refractivity contribution in [2.45, 2.75) is 26.1 Å². The lowest BCUT2D eigenvalue weighted by molar-refractivity contribution is 0.164. The van der Waals surface area contributed by atoms with Crippen molar-refractivity contribution >= 4 is 0 Å². The quantitative estimate of drug-likeness (QED) is 0.706. The smallest absolute Gasteiger partial charge is 0.173 e. The van der Waals surface area contributed by atoms with Gasteiger partial charge in [0.1, 0.15) is 11.6 Å². The Morgan fingerprint density at radius 2 is 1.85 bits per heavy atom.